The Labute approximate surface area is 109 Å². The number of hydrogen-bond donors (Lipinski definition) is 1. The number of aromatic nitrogens is 1. The summed E-state index contributed by atoms with van der Waals surface area (Å²) in [6.07, 6.45) is 3.48. The highest BCUT2D eigenvalue weighted by atomic mass is 19.2. The van der Waals surface area contributed by atoms with Gasteiger partial charge in [0.15, 0.2) is 11.6 Å². The van der Waals surface area contributed by atoms with E-state index < -0.39 is 11.6 Å². The molecule has 0 unspecified atom stereocenters. The van der Waals surface area contributed by atoms with E-state index in [1.54, 1.807) is 18.3 Å². The van der Waals surface area contributed by atoms with E-state index in [0.29, 0.717) is 24.1 Å². The number of pyridine rings is 1. The molecular formula is C14H12F2N2O. The third kappa shape index (κ3) is 3.58. The molecule has 0 aliphatic heterocycles. The number of carbonyl (C=O) groups excluding carboxylic acids is 1. The molecule has 2 aromatic rings. The zero-order valence-corrected chi connectivity index (χ0v) is 10.1. The summed E-state index contributed by atoms with van der Waals surface area (Å²) in [7, 11) is 0. The molecule has 0 atom stereocenters. The van der Waals surface area contributed by atoms with Gasteiger partial charge in [-0.3, -0.25) is 9.78 Å². The van der Waals surface area contributed by atoms with Gasteiger partial charge in [0.1, 0.15) is 0 Å². The summed E-state index contributed by atoms with van der Waals surface area (Å²) < 4.78 is 25.7. The van der Waals surface area contributed by atoms with E-state index in [2.05, 4.69) is 10.3 Å². The molecule has 0 aliphatic carbocycles. The molecule has 1 aromatic heterocycles. The van der Waals surface area contributed by atoms with E-state index in [-0.39, 0.29) is 5.91 Å². The molecule has 0 radical (unpaired) electrons. The van der Waals surface area contributed by atoms with Crippen LogP contribution < -0.4 is 5.32 Å². The van der Waals surface area contributed by atoms with Crippen molar-refractivity contribution in [3.05, 3.63) is 65.5 Å². The largest absolute Gasteiger partial charge is 0.352 e. The van der Waals surface area contributed by atoms with Crippen molar-refractivity contribution in [2.45, 2.75) is 6.42 Å². The molecule has 0 spiro atoms. The van der Waals surface area contributed by atoms with Crippen LogP contribution in [0.3, 0.4) is 0 Å². The summed E-state index contributed by atoms with van der Waals surface area (Å²) in [5.74, 6) is -1.99. The Morgan fingerprint density at radius 3 is 2.74 bits per heavy atom. The predicted octanol–water partition coefficient (Wildman–Crippen LogP) is 2.33. The molecule has 5 heteroatoms. The minimum atomic E-state index is -0.879. The smallest absolute Gasteiger partial charge is 0.252 e. The third-order valence-electron chi connectivity index (χ3n) is 2.61. The number of hydrogen-bond acceptors (Lipinski definition) is 2. The highest BCUT2D eigenvalue weighted by Crippen LogP contribution is 2.08. The Kier molecular flexibility index (Phi) is 4.18. The Bertz CT molecular complexity index is 573. The second-order valence-corrected chi connectivity index (χ2v) is 4.00. The van der Waals surface area contributed by atoms with Gasteiger partial charge in [0, 0.05) is 18.9 Å². The van der Waals surface area contributed by atoms with E-state index in [0.717, 1.165) is 12.1 Å². The maximum absolute atomic E-state index is 13.0. The number of rotatable bonds is 4. The van der Waals surface area contributed by atoms with Gasteiger partial charge in [-0.1, -0.05) is 6.07 Å². The van der Waals surface area contributed by atoms with Crippen molar-refractivity contribution in [1.82, 2.24) is 10.3 Å². The van der Waals surface area contributed by atoms with Crippen molar-refractivity contribution in [3.63, 3.8) is 0 Å². The summed E-state index contributed by atoms with van der Waals surface area (Å²) >= 11 is 0. The van der Waals surface area contributed by atoms with E-state index in [1.165, 1.54) is 12.3 Å². The molecule has 0 saturated carbocycles. The SMILES string of the molecule is O=C(NCCc1ccc(F)c(F)c1)c1cccnc1. The van der Waals surface area contributed by atoms with Crippen LogP contribution >= 0.6 is 0 Å². The Morgan fingerprint density at radius 2 is 2.05 bits per heavy atom. The minimum absolute atomic E-state index is 0.240. The van der Waals surface area contributed by atoms with Crippen molar-refractivity contribution >= 4 is 5.91 Å². The first-order valence-electron chi connectivity index (χ1n) is 5.79. The zero-order chi connectivity index (χ0) is 13.7. The summed E-state index contributed by atoms with van der Waals surface area (Å²) in [6, 6.07) is 7.03. The number of halogens is 2. The lowest BCUT2D eigenvalue weighted by Gasteiger charge is -2.05. The van der Waals surface area contributed by atoms with Crippen LogP contribution in [0.2, 0.25) is 0 Å². The molecule has 19 heavy (non-hydrogen) atoms. The Hall–Kier alpha value is -2.30. The van der Waals surface area contributed by atoms with Gasteiger partial charge in [-0.05, 0) is 36.2 Å². The van der Waals surface area contributed by atoms with Gasteiger partial charge in [0.05, 0.1) is 5.56 Å². The fourth-order valence-electron chi connectivity index (χ4n) is 1.61. The van der Waals surface area contributed by atoms with Crippen LogP contribution in [0.15, 0.2) is 42.7 Å². The number of amides is 1. The third-order valence-corrected chi connectivity index (χ3v) is 2.61. The van der Waals surface area contributed by atoms with Gasteiger partial charge >= 0.3 is 0 Å². The lowest BCUT2D eigenvalue weighted by Crippen LogP contribution is -2.25. The number of benzene rings is 1. The predicted molar refractivity (Wildman–Crippen MR) is 66.6 cm³/mol. The van der Waals surface area contributed by atoms with Gasteiger partial charge in [-0.25, -0.2) is 8.78 Å². The highest BCUT2D eigenvalue weighted by molar-refractivity contribution is 5.93. The van der Waals surface area contributed by atoms with Gasteiger partial charge < -0.3 is 5.32 Å². The summed E-state index contributed by atoms with van der Waals surface area (Å²) in [4.78, 5) is 15.5. The van der Waals surface area contributed by atoms with Crippen LogP contribution in [0, 0.1) is 11.6 Å². The summed E-state index contributed by atoms with van der Waals surface area (Å²) in [5.41, 5.74) is 1.10. The number of nitrogens with one attached hydrogen (secondary N) is 1. The standard InChI is InChI=1S/C14H12F2N2O/c15-12-4-3-10(8-13(12)16)5-7-18-14(19)11-2-1-6-17-9-11/h1-4,6,8-9H,5,7H2,(H,18,19). The van der Waals surface area contributed by atoms with Crippen LogP contribution in [0.4, 0.5) is 8.78 Å². The molecule has 98 valence electrons. The maximum atomic E-state index is 13.0. The van der Waals surface area contributed by atoms with Crippen molar-refractivity contribution in [1.29, 1.82) is 0 Å². The van der Waals surface area contributed by atoms with Crippen LogP contribution in [0.1, 0.15) is 15.9 Å². The fourth-order valence-corrected chi connectivity index (χ4v) is 1.61. The first-order valence-corrected chi connectivity index (χ1v) is 5.79. The molecule has 1 heterocycles. The van der Waals surface area contributed by atoms with Crippen LogP contribution in [-0.4, -0.2) is 17.4 Å². The number of carbonyl (C=O) groups is 1. The van der Waals surface area contributed by atoms with E-state index in [4.69, 9.17) is 0 Å². The molecule has 0 aliphatic rings. The van der Waals surface area contributed by atoms with Gasteiger partial charge in [-0.2, -0.15) is 0 Å². The molecule has 1 N–H and O–H groups in total. The second-order valence-electron chi connectivity index (χ2n) is 4.00. The molecule has 0 saturated heterocycles. The van der Waals surface area contributed by atoms with E-state index >= 15 is 0 Å². The van der Waals surface area contributed by atoms with Crippen LogP contribution in [-0.2, 0) is 6.42 Å². The van der Waals surface area contributed by atoms with E-state index in [9.17, 15) is 13.6 Å². The molecule has 1 aromatic carbocycles. The van der Waals surface area contributed by atoms with Crippen LogP contribution in [0.25, 0.3) is 0 Å². The highest BCUT2D eigenvalue weighted by Gasteiger charge is 2.05. The molecule has 2 rings (SSSR count). The second kappa shape index (κ2) is 6.04. The summed E-state index contributed by atoms with van der Waals surface area (Å²) in [6.45, 7) is 0.346. The number of nitrogens with zero attached hydrogens (tertiary/aromatic N) is 1. The first kappa shape index (κ1) is 13.1. The first-order chi connectivity index (χ1) is 9.16. The normalized spacial score (nSPS) is 10.2. The lowest BCUT2D eigenvalue weighted by atomic mass is 10.1. The zero-order valence-electron chi connectivity index (χ0n) is 10.1. The molecular weight excluding hydrogens is 250 g/mol. The van der Waals surface area contributed by atoms with Gasteiger partial charge in [-0.15, -0.1) is 0 Å². The van der Waals surface area contributed by atoms with Crippen molar-refractivity contribution in [2.24, 2.45) is 0 Å². The maximum Gasteiger partial charge on any atom is 0.252 e. The minimum Gasteiger partial charge on any atom is -0.352 e. The fraction of sp³-hybridized carbons (Fsp3) is 0.143. The molecule has 0 fully saturated rings. The summed E-state index contributed by atoms with van der Waals surface area (Å²) in [5, 5.41) is 2.69. The Morgan fingerprint density at radius 1 is 1.21 bits per heavy atom. The average Bonchev–Trinajstić information content (AvgIpc) is 2.43. The van der Waals surface area contributed by atoms with Crippen molar-refractivity contribution in [2.75, 3.05) is 6.54 Å². The lowest BCUT2D eigenvalue weighted by molar-refractivity contribution is 0.0954. The molecule has 0 bridgehead atoms. The monoisotopic (exact) mass is 262 g/mol. The molecule has 3 nitrogen and oxygen atoms in total. The van der Waals surface area contributed by atoms with Crippen molar-refractivity contribution < 1.29 is 13.6 Å². The topological polar surface area (TPSA) is 42.0 Å². The van der Waals surface area contributed by atoms with Gasteiger partial charge in [0.25, 0.3) is 5.91 Å². The van der Waals surface area contributed by atoms with Crippen molar-refractivity contribution in [3.8, 4) is 0 Å². The Balaban J connectivity index is 1.87. The van der Waals surface area contributed by atoms with E-state index in [1.807, 2.05) is 0 Å². The molecule has 1 amide bonds. The van der Waals surface area contributed by atoms with Crippen LogP contribution in [0.5, 0.6) is 0 Å². The quantitative estimate of drug-likeness (QED) is 0.918. The van der Waals surface area contributed by atoms with Gasteiger partial charge in [0.2, 0.25) is 0 Å². The average molecular weight is 262 g/mol.